The number of aldehydes is 1. The summed E-state index contributed by atoms with van der Waals surface area (Å²) in [6.45, 7) is 9.71. The van der Waals surface area contributed by atoms with Gasteiger partial charge in [-0.05, 0) is 37.1 Å². The van der Waals surface area contributed by atoms with Crippen LogP contribution in [0.4, 0.5) is 4.39 Å². The molecule has 2 unspecified atom stereocenters. The first-order chi connectivity index (χ1) is 23.1. The predicted molar refractivity (Wildman–Crippen MR) is 188 cm³/mol. The highest BCUT2D eigenvalue weighted by Gasteiger charge is 2.38. The van der Waals surface area contributed by atoms with Gasteiger partial charge in [-0.2, -0.15) is 4.91 Å². The number of piperidine rings is 1. The van der Waals surface area contributed by atoms with E-state index in [1.54, 1.807) is 17.5 Å². The van der Waals surface area contributed by atoms with E-state index in [0.29, 0.717) is 27.4 Å². The summed E-state index contributed by atoms with van der Waals surface area (Å²) in [7, 11) is 2.15. The van der Waals surface area contributed by atoms with Gasteiger partial charge in [0.25, 0.3) is 0 Å². The van der Waals surface area contributed by atoms with Crippen LogP contribution in [-0.4, -0.2) is 89.7 Å². The van der Waals surface area contributed by atoms with Crippen molar-refractivity contribution in [1.29, 1.82) is 0 Å². The monoisotopic (exact) mass is 698 g/mol. The third-order valence-electron chi connectivity index (χ3n) is 8.82. The van der Waals surface area contributed by atoms with Crippen LogP contribution < -0.4 is 10.2 Å². The number of likely N-dealkylation sites (tertiary alicyclic amines) is 1. The number of halogens is 1. The average Bonchev–Trinajstić information content (AvgIpc) is 3.73. The van der Waals surface area contributed by atoms with E-state index < -0.39 is 12.2 Å². The molecule has 2 fully saturated rings. The van der Waals surface area contributed by atoms with Crippen molar-refractivity contribution in [2.75, 3.05) is 52.9 Å². The number of thiazole rings is 2. The molecule has 2 aliphatic heterocycles. The fourth-order valence-corrected chi connectivity index (χ4v) is 7.89. The van der Waals surface area contributed by atoms with Gasteiger partial charge in [0.2, 0.25) is 0 Å². The van der Waals surface area contributed by atoms with E-state index in [1.165, 1.54) is 17.4 Å². The van der Waals surface area contributed by atoms with Gasteiger partial charge in [0.1, 0.15) is 29.2 Å². The van der Waals surface area contributed by atoms with Crippen LogP contribution in [0.1, 0.15) is 77.0 Å². The Balaban J connectivity index is 0.000000387. The number of carbonyl (C=O) groups excluding carboxylic acids is 1. The van der Waals surface area contributed by atoms with E-state index in [1.807, 2.05) is 18.2 Å². The number of fused-ring (bicyclic) bond motifs is 1. The molecule has 2 saturated heterocycles. The predicted octanol–water partition coefficient (Wildman–Crippen LogP) is 5.78. The number of rotatable bonds is 11. The molecule has 0 radical (unpaired) electrons. The molecule has 3 N–H and O–H groups in total. The summed E-state index contributed by atoms with van der Waals surface area (Å²) in [4.78, 5) is 44.6. The van der Waals surface area contributed by atoms with E-state index in [-0.39, 0.29) is 34.8 Å². The zero-order valence-electron chi connectivity index (χ0n) is 27.5. The van der Waals surface area contributed by atoms with Crippen LogP contribution in [0.5, 0.6) is 5.75 Å². The van der Waals surface area contributed by atoms with E-state index in [9.17, 15) is 19.6 Å². The number of nitrogens with zero attached hydrogens (tertiary/aromatic N) is 4. The number of phenolic OH excluding ortho intramolecular Hbond substituents is 1. The Morgan fingerprint density at radius 2 is 2.00 bits per heavy atom. The van der Waals surface area contributed by atoms with Crippen molar-refractivity contribution in [2.45, 2.75) is 57.0 Å². The molecular formula is C34H43FN6O5S2. The van der Waals surface area contributed by atoms with E-state index in [2.05, 4.69) is 51.2 Å². The maximum atomic E-state index is 15.2. The second-order valence-corrected chi connectivity index (χ2v) is 14.7. The summed E-state index contributed by atoms with van der Waals surface area (Å²) in [5.41, 5.74) is 2.99. The molecule has 0 amide bonds. The summed E-state index contributed by atoms with van der Waals surface area (Å²) in [6, 6.07) is 9.79. The number of aromatic nitrogens is 2. The first kappa shape index (κ1) is 35.9. The number of nitroso groups, excluding NO2 is 1. The number of aromatic hydroxyl groups is 1. The Morgan fingerprint density at radius 1 is 1.21 bits per heavy atom. The minimum absolute atomic E-state index is 0.0250. The normalized spacial score (nSPS) is 18.0. The number of H-pyrrole nitrogens is 1. The fourth-order valence-electron chi connectivity index (χ4n) is 6.19. The summed E-state index contributed by atoms with van der Waals surface area (Å²) < 4.78 is 21.8. The van der Waals surface area contributed by atoms with Gasteiger partial charge in [0.05, 0.1) is 21.9 Å². The van der Waals surface area contributed by atoms with Gasteiger partial charge in [-0.25, -0.2) is 9.37 Å². The molecule has 0 aliphatic carbocycles. The molecule has 0 saturated carbocycles. The number of hydrogen-bond donors (Lipinski definition) is 3. The van der Waals surface area contributed by atoms with Crippen LogP contribution in [0.25, 0.3) is 10.2 Å². The zero-order chi connectivity index (χ0) is 34.3. The summed E-state index contributed by atoms with van der Waals surface area (Å²) in [6.07, 6.45) is 1.54. The van der Waals surface area contributed by atoms with Gasteiger partial charge < -0.3 is 25.0 Å². The number of aromatic amines is 1. The number of ether oxygens (including phenoxy) is 1. The lowest BCUT2D eigenvalue weighted by atomic mass is 9.89. The minimum atomic E-state index is -1.25. The number of likely N-dealkylation sites (N-methyl/N-ethyl adjacent to an activating group) is 1. The molecule has 2 aliphatic rings. The number of carbonyl (C=O) groups is 1. The lowest BCUT2D eigenvalue weighted by Crippen LogP contribution is -2.55. The fraction of sp³-hybridized carbons (Fsp3) is 0.500. The van der Waals surface area contributed by atoms with Crippen molar-refractivity contribution in [3.63, 3.8) is 0 Å². The maximum Gasteiger partial charge on any atom is 0.305 e. The van der Waals surface area contributed by atoms with Crippen LogP contribution in [0.15, 0.2) is 51.7 Å². The highest BCUT2D eigenvalue weighted by atomic mass is 32.1. The molecule has 2 aromatic carbocycles. The Hall–Kier alpha value is -3.40. The topological polar surface area (TPSA) is 140 Å². The van der Waals surface area contributed by atoms with Crippen LogP contribution in [-0.2, 0) is 11.3 Å². The lowest BCUT2D eigenvalue weighted by molar-refractivity contribution is -0.131. The van der Waals surface area contributed by atoms with Crippen molar-refractivity contribution >= 4 is 39.2 Å². The van der Waals surface area contributed by atoms with Crippen LogP contribution >= 0.6 is 22.7 Å². The molecule has 11 nitrogen and oxygen atoms in total. The van der Waals surface area contributed by atoms with Gasteiger partial charge in [0, 0.05) is 62.7 Å². The zero-order valence-corrected chi connectivity index (χ0v) is 29.1. The van der Waals surface area contributed by atoms with E-state index in [4.69, 9.17) is 4.74 Å². The molecule has 0 bridgehead atoms. The average molecular weight is 699 g/mol. The first-order valence-corrected chi connectivity index (χ1v) is 17.9. The Labute approximate surface area is 287 Å². The third-order valence-corrected chi connectivity index (χ3v) is 10.9. The van der Waals surface area contributed by atoms with Crippen LogP contribution in [0.2, 0.25) is 0 Å². The van der Waals surface area contributed by atoms with Gasteiger partial charge in [-0.3, -0.25) is 14.5 Å². The van der Waals surface area contributed by atoms with Crippen LogP contribution in [0, 0.1) is 4.91 Å². The standard InChI is InChI=1S/C27H34FN5O4S.C7H9NOS/c1-32-11-12-37-27(17-32)7-9-33(10-8-27)16-18-3-2-4-19(13-18)21(28)14-29-15-22(31-36)20-5-6-23(34)24-25(20)38-26(35)30-24;1-5(2)7-8-6(3-9)4-10-7/h2-6,13,21-22,29,34H,7-12,14-17H2,1H3,(H,30,35);3-5H,1-2H3. The summed E-state index contributed by atoms with van der Waals surface area (Å²) in [5, 5.41) is 19.0. The van der Waals surface area contributed by atoms with Crippen molar-refractivity contribution in [3.8, 4) is 5.75 Å². The summed E-state index contributed by atoms with van der Waals surface area (Å²) in [5.74, 6) is 0.362. The highest BCUT2D eigenvalue weighted by molar-refractivity contribution is 7.16. The number of alkyl halides is 1. The quantitative estimate of drug-likeness (QED) is 0.131. The van der Waals surface area contributed by atoms with Crippen molar-refractivity contribution < 1.29 is 19.0 Å². The molecule has 1 spiro atoms. The van der Waals surface area contributed by atoms with Gasteiger partial charge in [0.15, 0.2) is 6.29 Å². The SMILES string of the molecule is CC(C)c1nc(C=O)cs1.CN1CCOC2(CCN(Cc3cccc(C(F)CNCC(N=O)c4ccc(O)c5[nH]c(=O)sc45)c3)CC2)C1. The second-order valence-electron chi connectivity index (χ2n) is 12.8. The molecule has 2 atom stereocenters. The molecule has 2 aromatic heterocycles. The highest BCUT2D eigenvalue weighted by Crippen LogP contribution is 2.33. The molecule has 258 valence electrons. The molecule has 6 rings (SSSR count). The smallest absolute Gasteiger partial charge is 0.305 e. The number of hydrogen-bond acceptors (Lipinski definition) is 12. The van der Waals surface area contributed by atoms with Gasteiger partial charge >= 0.3 is 4.87 Å². The second kappa shape index (κ2) is 16.3. The third kappa shape index (κ3) is 8.98. The Kier molecular flexibility index (Phi) is 12.2. The largest absolute Gasteiger partial charge is 0.506 e. The minimum Gasteiger partial charge on any atom is -0.506 e. The molecular weight excluding hydrogens is 656 g/mol. The number of phenols is 1. The van der Waals surface area contributed by atoms with Crippen molar-refractivity contribution in [2.24, 2.45) is 5.18 Å². The van der Waals surface area contributed by atoms with Crippen LogP contribution in [0.3, 0.4) is 0 Å². The molecule has 4 aromatic rings. The molecule has 4 heterocycles. The molecule has 48 heavy (non-hydrogen) atoms. The van der Waals surface area contributed by atoms with Crippen molar-refractivity contribution in [3.05, 3.63) is 83.7 Å². The van der Waals surface area contributed by atoms with E-state index in [0.717, 1.165) is 80.4 Å². The summed E-state index contributed by atoms with van der Waals surface area (Å²) >= 11 is 2.45. The lowest BCUT2D eigenvalue weighted by Gasteiger charge is -2.46. The Morgan fingerprint density at radius 3 is 2.67 bits per heavy atom. The molecule has 14 heteroatoms. The van der Waals surface area contributed by atoms with Gasteiger partial charge in [-0.15, -0.1) is 11.3 Å². The number of benzene rings is 2. The first-order valence-electron chi connectivity index (χ1n) is 16.2. The van der Waals surface area contributed by atoms with Crippen molar-refractivity contribution in [1.82, 2.24) is 25.1 Å². The van der Waals surface area contributed by atoms with E-state index >= 15 is 4.39 Å². The van der Waals surface area contributed by atoms with Gasteiger partial charge in [-0.1, -0.05) is 60.7 Å². The number of morpholine rings is 1. The Bertz CT molecular complexity index is 1730. The number of nitrogens with one attached hydrogen (secondary N) is 2. The maximum absolute atomic E-state index is 15.2.